The largest absolute Gasteiger partial charge is 0.357 e. The molecule has 1 aliphatic rings. The van der Waals surface area contributed by atoms with Crippen molar-refractivity contribution in [1.29, 1.82) is 0 Å². The molecular formula is C24H24ClNO2S. The summed E-state index contributed by atoms with van der Waals surface area (Å²) in [7, 11) is 0. The van der Waals surface area contributed by atoms with Gasteiger partial charge in [-0.05, 0) is 76.4 Å². The van der Waals surface area contributed by atoms with Crippen LogP contribution in [-0.2, 0) is 9.53 Å². The van der Waals surface area contributed by atoms with Crippen LogP contribution in [0.1, 0.15) is 45.7 Å². The number of aromatic nitrogens is 1. The Morgan fingerprint density at radius 1 is 1.03 bits per heavy atom. The summed E-state index contributed by atoms with van der Waals surface area (Å²) < 4.78 is 7.16. The molecule has 29 heavy (non-hydrogen) atoms. The van der Waals surface area contributed by atoms with Crippen molar-refractivity contribution >= 4 is 44.5 Å². The standard InChI is InChI=1S/C24H24ClNO2S/c1-13-10-11-15(22-26-20-17(25)8-7-9-18(20)29-22)12-16(13)19-14(2)23(3,4)28-24(5,6)21(19)27/h7-12H,1-6H3. The Hall–Kier alpha value is -2.01. The van der Waals surface area contributed by atoms with E-state index in [4.69, 9.17) is 21.3 Å². The first-order chi connectivity index (χ1) is 13.5. The van der Waals surface area contributed by atoms with Gasteiger partial charge >= 0.3 is 0 Å². The van der Waals surface area contributed by atoms with Crippen LogP contribution in [0, 0.1) is 6.92 Å². The van der Waals surface area contributed by atoms with Crippen molar-refractivity contribution in [3.8, 4) is 10.6 Å². The first kappa shape index (κ1) is 20.3. The predicted octanol–water partition coefficient (Wildman–Crippen LogP) is 6.86. The smallest absolute Gasteiger partial charge is 0.194 e. The van der Waals surface area contributed by atoms with E-state index >= 15 is 0 Å². The van der Waals surface area contributed by atoms with Crippen LogP contribution < -0.4 is 0 Å². The number of carbonyl (C=O) groups is 1. The molecular weight excluding hydrogens is 402 g/mol. The first-order valence-electron chi connectivity index (χ1n) is 9.64. The normalized spacial score (nSPS) is 18.5. The van der Waals surface area contributed by atoms with Gasteiger partial charge in [-0.3, -0.25) is 4.79 Å². The second-order valence-corrected chi connectivity index (χ2v) is 10.0. The third-order valence-electron chi connectivity index (χ3n) is 5.69. The van der Waals surface area contributed by atoms with Gasteiger partial charge in [0.05, 0.1) is 15.3 Å². The van der Waals surface area contributed by atoms with Crippen molar-refractivity contribution in [1.82, 2.24) is 4.98 Å². The van der Waals surface area contributed by atoms with Gasteiger partial charge in [0.2, 0.25) is 0 Å². The van der Waals surface area contributed by atoms with Gasteiger partial charge in [0.25, 0.3) is 0 Å². The number of halogens is 1. The number of hydrogen-bond donors (Lipinski definition) is 0. The monoisotopic (exact) mass is 425 g/mol. The van der Waals surface area contributed by atoms with E-state index in [0.29, 0.717) is 5.02 Å². The lowest BCUT2D eigenvalue weighted by atomic mass is 9.78. The molecule has 0 bridgehead atoms. The molecule has 0 saturated carbocycles. The Balaban J connectivity index is 1.91. The van der Waals surface area contributed by atoms with Crippen LogP contribution in [0.4, 0.5) is 0 Å². The molecule has 0 saturated heterocycles. The number of nitrogens with zero attached hydrogens (tertiary/aromatic N) is 1. The average Bonchev–Trinajstić information content (AvgIpc) is 3.07. The Kier molecular flexibility index (Phi) is 4.73. The van der Waals surface area contributed by atoms with E-state index in [0.717, 1.165) is 43.1 Å². The quantitative estimate of drug-likeness (QED) is 0.450. The average molecular weight is 426 g/mol. The number of rotatable bonds is 2. The zero-order valence-corrected chi connectivity index (χ0v) is 19.1. The Morgan fingerprint density at radius 3 is 2.45 bits per heavy atom. The summed E-state index contributed by atoms with van der Waals surface area (Å²) in [4.78, 5) is 18.1. The Morgan fingerprint density at radius 2 is 1.76 bits per heavy atom. The molecule has 0 aliphatic carbocycles. The van der Waals surface area contributed by atoms with Gasteiger partial charge in [-0.15, -0.1) is 11.3 Å². The predicted molar refractivity (Wildman–Crippen MR) is 122 cm³/mol. The van der Waals surface area contributed by atoms with Gasteiger partial charge in [-0.2, -0.15) is 0 Å². The Labute approximate surface area is 180 Å². The van der Waals surface area contributed by atoms with E-state index in [2.05, 4.69) is 18.2 Å². The number of carbonyl (C=O) groups excluding carboxylic acids is 1. The molecule has 0 atom stereocenters. The number of para-hydroxylation sites is 1. The van der Waals surface area contributed by atoms with Crippen LogP contribution in [-0.4, -0.2) is 22.0 Å². The third-order valence-corrected chi connectivity index (χ3v) is 7.06. The molecule has 3 aromatic rings. The van der Waals surface area contributed by atoms with Crippen molar-refractivity contribution in [2.45, 2.75) is 52.7 Å². The zero-order chi connectivity index (χ0) is 21.1. The molecule has 0 fully saturated rings. The highest BCUT2D eigenvalue weighted by Crippen LogP contribution is 2.43. The van der Waals surface area contributed by atoms with Crippen molar-refractivity contribution in [2.24, 2.45) is 0 Å². The van der Waals surface area contributed by atoms with E-state index < -0.39 is 11.2 Å². The fourth-order valence-corrected chi connectivity index (χ4v) is 5.18. The number of fused-ring (bicyclic) bond motifs is 1. The highest BCUT2D eigenvalue weighted by Gasteiger charge is 2.45. The van der Waals surface area contributed by atoms with E-state index in [1.165, 1.54) is 0 Å². The molecule has 0 spiro atoms. The third kappa shape index (κ3) is 3.33. The molecule has 0 unspecified atom stereocenters. The molecule has 1 aromatic heterocycles. The lowest BCUT2D eigenvalue weighted by Gasteiger charge is -2.42. The number of aryl methyl sites for hydroxylation is 1. The Bertz CT molecular complexity index is 1190. The van der Waals surface area contributed by atoms with Gasteiger partial charge in [0.1, 0.15) is 16.1 Å². The molecule has 5 heteroatoms. The van der Waals surface area contributed by atoms with E-state index in [9.17, 15) is 4.79 Å². The van der Waals surface area contributed by atoms with E-state index in [-0.39, 0.29) is 5.78 Å². The van der Waals surface area contributed by atoms with Crippen LogP contribution in [0.15, 0.2) is 42.0 Å². The minimum atomic E-state index is -0.871. The molecule has 150 valence electrons. The van der Waals surface area contributed by atoms with Gasteiger partial charge in [-0.1, -0.05) is 29.8 Å². The number of Topliss-reactive ketones (excluding diaryl/α,β-unsaturated/α-hetero) is 1. The molecule has 4 rings (SSSR count). The summed E-state index contributed by atoms with van der Waals surface area (Å²) in [5, 5.41) is 1.55. The lowest BCUT2D eigenvalue weighted by Crippen LogP contribution is -2.49. The number of benzene rings is 2. The minimum Gasteiger partial charge on any atom is -0.357 e. The fourth-order valence-electron chi connectivity index (χ4n) is 3.92. The second-order valence-electron chi connectivity index (χ2n) is 8.59. The number of ether oxygens (including phenoxy) is 1. The maximum atomic E-state index is 13.3. The summed E-state index contributed by atoms with van der Waals surface area (Å²) in [6.45, 7) is 11.8. The minimum absolute atomic E-state index is 0.0157. The van der Waals surface area contributed by atoms with Gasteiger partial charge in [0, 0.05) is 11.1 Å². The van der Waals surface area contributed by atoms with Gasteiger partial charge in [-0.25, -0.2) is 4.98 Å². The highest BCUT2D eigenvalue weighted by molar-refractivity contribution is 7.21. The van der Waals surface area contributed by atoms with Crippen LogP contribution in [0.25, 0.3) is 26.4 Å². The summed E-state index contributed by atoms with van der Waals surface area (Å²) >= 11 is 7.92. The molecule has 2 aromatic carbocycles. The number of hydrogen-bond acceptors (Lipinski definition) is 4. The fraction of sp³-hybridized carbons (Fsp3) is 0.333. The maximum Gasteiger partial charge on any atom is 0.194 e. The lowest BCUT2D eigenvalue weighted by molar-refractivity contribution is -0.152. The van der Waals surface area contributed by atoms with Crippen molar-refractivity contribution in [3.05, 3.63) is 58.1 Å². The summed E-state index contributed by atoms with van der Waals surface area (Å²) in [6, 6.07) is 12.0. The van der Waals surface area contributed by atoms with Crippen LogP contribution >= 0.6 is 22.9 Å². The SMILES string of the molecule is CC1=C(c2cc(-c3nc4c(Cl)cccc4s3)ccc2C)C(=O)C(C)(C)OC1(C)C. The van der Waals surface area contributed by atoms with E-state index in [1.807, 2.05) is 59.7 Å². The van der Waals surface area contributed by atoms with Crippen molar-refractivity contribution in [3.63, 3.8) is 0 Å². The number of ketones is 1. The molecule has 0 N–H and O–H groups in total. The summed E-state index contributed by atoms with van der Waals surface area (Å²) in [6.07, 6.45) is 0. The van der Waals surface area contributed by atoms with Gasteiger partial charge in [0.15, 0.2) is 5.78 Å². The topological polar surface area (TPSA) is 39.2 Å². The second kappa shape index (κ2) is 6.76. The van der Waals surface area contributed by atoms with E-state index in [1.54, 1.807) is 11.3 Å². The zero-order valence-electron chi connectivity index (χ0n) is 17.5. The molecule has 0 amide bonds. The van der Waals surface area contributed by atoms with Gasteiger partial charge < -0.3 is 4.74 Å². The van der Waals surface area contributed by atoms with Crippen LogP contribution in [0.3, 0.4) is 0 Å². The number of thiazole rings is 1. The summed E-state index contributed by atoms with van der Waals surface area (Å²) in [5.74, 6) is 0.0157. The summed E-state index contributed by atoms with van der Waals surface area (Å²) in [5.41, 5.74) is 4.13. The molecule has 0 radical (unpaired) electrons. The van der Waals surface area contributed by atoms with Crippen LogP contribution in [0.2, 0.25) is 5.02 Å². The molecule has 3 nitrogen and oxygen atoms in total. The van der Waals surface area contributed by atoms with Crippen molar-refractivity contribution in [2.75, 3.05) is 0 Å². The molecule has 1 aliphatic heterocycles. The van der Waals surface area contributed by atoms with Crippen molar-refractivity contribution < 1.29 is 9.53 Å². The first-order valence-corrected chi connectivity index (χ1v) is 10.8. The highest BCUT2D eigenvalue weighted by atomic mass is 35.5. The van der Waals surface area contributed by atoms with Crippen LogP contribution in [0.5, 0.6) is 0 Å². The maximum absolute atomic E-state index is 13.3. The molecule has 2 heterocycles.